The number of nitrogens with zero attached hydrogens (tertiary/aromatic N) is 3. The van der Waals surface area contributed by atoms with Gasteiger partial charge in [0.1, 0.15) is 16.8 Å². The molecule has 1 atom stereocenters. The highest BCUT2D eigenvalue weighted by molar-refractivity contribution is 5.99. The maximum Gasteiger partial charge on any atom is 0.499 e. The van der Waals surface area contributed by atoms with E-state index in [0.717, 1.165) is 46.0 Å². The molecule has 9 aromatic rings. The fraction of sp³-hybridized carbons (Fsp3) is 0.186. The van der Waals surface area contributed by atoms with E-state index in [1.54, 1.807) is 0 Å². The Morgan fingerprint density at radius 2 is 1.21 bits per heavy atom. The normalized spacial score (nSPS) is 15.5. The molecule has 12 rings (SSSR count). The molecule has 0 saturated heterocycles. The molecule has 0 radical (unpaired) electrons. The zero-order chi connectivity index (χ0) is 43.0. The van der Waals surface area contributed by atoms with Gasteiger partial charge in [0.05, 0.1) is 5.56 Å². The van der Waals surface area contributed by atoms with E-state index >= 15 is 0 Å². The van der Waals surface area contributed by atoms with Crippen LogP contribution in [0.25, 0.3) is 83.9 Å². The first-order valence-corrected chi connectivity index (χ1v) is 22.5. The highest BCUT2D eigenvalue weighted by Crippen LogP contribution is 2.56. The van der Waals surface area contributed by atoms with E-state index in [1.165, 1.54) is 72.3 Å². The second-order valence-electron chi connectivity index (χ2n) is 19.7. The van der Waals surface area contributed by atoms with Gasteiger partial charge in [-0.25, -0.2) is 0 Å². The van der Waals surface area contributed by atoms with Crippen LogP contribution in [0.15, 0.2) is 170 Å². The molecule has 0 amide bonds. The minimum absolute atomic E-state index is 0.100. The molecule has 1 spiro atoms. The lowest BCUT2D eigenvalue weighted by molar-refractivity contribution is -0.997. The summed E-state index contributed by atoms with van der Waals surface area (Å²) in [6.45, 7) is 16.2. The number of ether oxygens (including phenoxy) is 1. The molecule has 306 valence electrons. The number of rotatable bonds is 5. The van der Waals surface area contributed by atoms with Crippen LogP contribution in [0, 0.1) is 0 Å². The standard InChI is InChI=1S/C59H51N3O/c1-8-37-31-44(27-28-45(37)40-23-16-11-17-24-40)61-51-26-18-25-46-47-32-42(39-21-14-10-15-22-39)33-48-52-34-41(38-19-12-9-13-20-38)29-30-60(52)59(53(47)48)62(54(46)51)56(61)49-35-43(57(2,3)4)36-50(55(49)63-59)58(5,6)7/h9-36H,8H2,1-7H3/q+2. The Bertz CT molecular complexity index is 3350. The van der Waals surface area contributed by atoms with Crippen LogP contribution in [0.1, 0.15) is 70.7 Å². The van der Waals surface area contributed by atoms with Gasteiger partial charge in [-0.3, -0.25) is 0 Å². The van der Waals surface area contributed by atoms with Crippen LogP contribution < -0.4 is 13.9 Å². The van der Waals surface area contributed by atoms with E-state index in [0.29, 0.717) is 0 Å². The molecule has 0 aliphatic carbocycles. The maximum absolute atomic E-state index is 8.10. The summed E-state index contributed by atoms with van der Waals surface area (Å²) in [5.74, 6) is 1.00. The van der Waals surface area contributed by atoms with Gasteiger partial charge in [-0.1, -0.05) is 152 Å². The van der Waals surface area contributed by atoms with Crippen LogP contribution in [-0.4, -0.2) is 4.57 Å². The average molecular weight is 818 g/mol. The monoisotopic (exact) mass is 817 g/mol. The largest absolute Gasteiger partial charge is 0.499 e. The van der Waals surface area contributed by atoms with Gasteiger partial charge in [0.15, 0.2) is 23.0 Å². The zero-order valence-electron chi connectivity index (χ0n) is 37.1. The molecule has 0 bridgehead atoms. The molecule has 2 aromatic heterocycles. The van der Waals surface area contributed by atoms with Gasteiger partial charge >= 0.3 is 11.7 Å². The number of para-hydroxylation sites is 1. The first-order chi connectivity index (χ1) is 30.5. The second kappa shape index (κ2) is 13.2. The summed E-state index contributed by atoms with van der Waals surface area (Å²) in [5, 5.41) is 0. The molecule has 3 aliphatic rings. The van der Waals surface area contributed by atoms with E-state index < -0.39 is 5.85 Å². The van der Waals surface area contributed by atoms with Crippen LogP contribution in [-0.2, 0) is 23.1 Å². The summed E-state index contributed by atoms with van der Waals surface area (Å²) in [6.07, 6.45) is 3.19. The van der Waals surface area contributed by atoms with E-state index in [2.05, 4.69) is 232 Å². The van der Waals surface area contributed by atoms with Crippen molar-refractivity contribution in [3.63, 3.8) is 0 Å². The Balaban J connectivity index is 1.27. The van der Waals surface area contributed by atoms with Crippen molar-refractivity contribution in [2.75, 3.05) is 0 Å². The summed E-state index contributed by atoms with van der Waals surface area (Å²) < 4.78 is 15.7. The van der Waals surface area contributed by atoms with Gasteiger partial charge in [0, 0.05) is 28.8 Å². The van der Waals surface area contributed by atoms with Crippen molar-refractivity contribution in [1.82, 2.24) is 4.57 Å². The first-order valence-electron chi connectivity index (χ1n) is 22.5. The van der Waals surface area contributed by atoms with Crippen LogP contribution in [0.2, 0.25) is 0 Å². The predicted molar refractivity (Wildman–Crippen MR) is 256 cm³/mol. The Hall–Kier alpha value is -7.04. The maximum atomic E-state index is 8.10. The number of pyridine rings is 1. The smallest absolute Gasteiger partial charge is 0.392 e. The summed E-state index contributed by atoms with van der Waals surface area (Å²) in [4.78, 5) is 0. The topological polar surface area (TPSA) is 21.9 Å². The van der Waals surface area contributed by atoms with Crippen molar-refractivity contribution in [2.45, 2.75) is 71.6 Å². The van der Waals surface area contributed by atoms with Crippen molar-refractivity contribution in [1.29, 1.82) is 0 Å². The Morgan fingerprint density at radius 3 is 1.87 bits per heavy atom. The van der Waals surface area contributed by atoms with Gasteiger partial charge < -0.3 is 4.74 Å². The summed E-state index contributed by atoms with van der Waals surface area (Å²) in [6, 6.07) is 60.7. The third kappa shape index (κ3) is 5.34. The highest BCUT2D eigenvalue weighted by atomic mass is 16.5. The third-order valence-corrected chi connectivity index (χ3v) is 13.8. The Morgan fingerprint density at radius 1 is 0.540 bits per heavy atom. The number of aryl methyl sites for hydroxylation is 1. The molecule has 0 N–H and O–H groups in total. The van der Waals surface area contributed by atoms with Gasteiger partial charge in [0.25, 0.3) is 0 Å². The minimum Gasteiger partial charge on any atom is -0.392 e. The zero-order valence-corrected chi connectivity index (χ0v) is 37.1. The number of hydrogen-bond acceptors (Lipinski definition) is 1. The minimum atomic E-state index is -1.06. The molecule has 4 nitrogen and oxygen atoms in total. The molecule has 5 heterocycles. The molecule has 7 aromatic carbocycles. The fourth-order valence-corrected chi connectivity index (χ4v) is 10.7. The van der Waals surface area contributed by atoms with Gasteiger partial charge in [-0.2, -0.15) is 4.57 Å². The summed E-state index contributed by atoms with van der Waals surface area (Å²) in [5.41, 5.74) is 21.2. The van der Waals surface area contributed by atoms with Crippen molar-refractivity contribution in [3.8, 4) is 78.6 Å². The molecule has 63 heavy (non-hydrogen) atoms. The molecule has 0 saturated carbocycles. The summed E-state index contributed by atoms with van der Waals surface area (Å²) >= 11 is 0. The van der Waals surface area contributed by atoms with Gasteiger partial charge in [-0.15, -0.1) is 9.13 Å². The summed E-state index contributed by atoms with van der Waals surface area (Å²) in [7, 11) is 0. The highest BCUT2D eigenvalue weighted by Gasteiger charge is 2.69. The Kier molecular flexibility index (Phi) is 7.92. The molecule has 1 unspecified atom stereocenters. The number of hydrogen-bond donors (Lipinski definition) is 0. The number of benzene rings is 7. The van der Waals surface area contributed by atoms with Crippen molar-refractivity contribution >= 4 is 11.0 Å². The van der Waals surface area contributed by atoms with Crippen LogP contribution in [0.4, 0.5) is 0 Å². The molecule has 4 heteroatoms. The van der Waals surface area contributed by atoms with E-state index in [1.807, 2.05) is 0 Å². The Labute approximate surface area is 370 Å². The molecular weight excluding hydrogens is 767 g/mol. The van der Waals surface area contributed by atoms with Crippen molar-refractivity contribution in [2.24, 2.45) is 0 Å². The van der Waals surface area contributed by atoms with Crippen molar-refractivity contribution < 1.29 is 13.9 Å². The first kappa shape index (κ1) is 37.7. The molecule has 3 aliphatic heterocycles. The quantitative estimate of drug-likeness (QED) is 0.159. The van der Waals surface area contributed by atoms with E-state index in [4.69, 9.17) is 4.74 Å². The van der Waals surface area contributed by atoms with Gasteiger partial charge in [-0.05, 0) is 110 Å². The van der Waals surface area contributed by atoms with Gasteiger partial charge in [0.2, 0.25) is 5.69 Å². The average Bonchev–Trinajstić information content (AvgIpc) is 3.80. The number of aromatic nitrogens is 3. The second-order valence-corrected chi connectivity index (χ2v) is 19.7. The fourth-order valence-electron chi connectivity index (χ4n) is 10.7. The van der Waals surface area contributed by atoms with E-state index in [9.17, 15) is 0 Å². The SMILES string of the molecule is CCc1cc(-n2c3[n+]4c5c(cccc52)-c2cc(-c5ccccc5)cc5c2C4(Oc2c-3cc(C(C)(C)C)cc2C(C)(C)C)[n+]2ccc(-c3ccccc3)cc2-5)ccc1-c1ccccc1. The van der Waals surface area contributed by atoms with Crippen LogP contribution in [0.3, 0.4) is 0 Å². The number of fused-ring (bicyclic) bond motifs is 5. The van der Waals surface area contributed by atoms with Crippen molar-refractivity contribution in [3.05, 3.63) is 192 Å². The molecule has 0 fully saturated rings. The number of imidazole rings is 1. The lowest BCUT2D eigenvalue weighted by Crippen LogP contribution is -2.78. The predicted octanol–water partition coefficient (Wildman–Crippen LogP) is 13.6. The lowest BCUT2D eigenvalue weighted by Gasteiger charge is -2.36. The third-order valence-electron chi connectivity index (χ3n) is 13.8. The van der Waals surface area contributed by atoms with Crippen LogP contribution in [0.5, 0.6) is 5.75 Å². The van der Waals surface area contributed by atoms with Crippen LogP contribution >= 0.6 is 0 Å². The molecular formula is C59H51N3O+2. The van der Waals surface area contributed by atoms with E-state index in [-0.39, 0.29) is 10.8 Å². The lowest BCUT2D eigenvalue weighted by atomic mass is 9.78.